The zero-order chi connectivity index (χ0) is 25.6. The minimum Gasteiger partial charge on any atom is -0.348 e. The van der Waals surface area contributed by atoms with Gasteiger partial charge in [0.25, 0.3) is 11.5 Å². The lowest BCUT2D eigenvalue weighted by Gasteiger charge is -2.47. The van der Waals surface area contributed by atoms with Crippen molar-refractivity contribution in [2.45, 2.75) is 59.2 Å². The number of benzene rings is 1. The van der Waals surface area contributed by atoms with Gasteiger partial charge in [0.2, 0.25) is 0 Å². The van der Waals surface area contributed by atoms with Crippen molar-refractivity contribution in [2.75, 3.05) is 33.2 Å². The maximum absolute atomic E-state index is 13.5. The van der Waals surface area contributed by atoms with Crippen molar-refractivity contribution >= 4 is 16.8 Å². The average Bonchev–Trinajstić information content (AvgIpc) is 3.12. The Morgan fingerprint density at radius 1 is 1.14 bits per heavy atom. The van der Waals surface area contributed by atoms with Crippen molar-refractivity contribution in [3.05, 3.63) is 68.8 Å². The molecule has 0 aliphatic carbocycles. The van der Waals surface area contributed by atoms with Gasteiger partial charge in [-0.25, -0.2) is 0 Å². The molecular formula is C29H39N5O2. The number of rotatable bonds is 6. The van der Waals surface area contributed by atoms with E-state index in [-0.39, 0.29) is 18.0 Å². The lowest BCUT2D eigenvalue weighted by atomic mass is 9.88. The summed E-state index contributed by atoms with van der Waals surface area (Å²) in [5.41, 5.74) is 5.01. The number of amides is 1. The fraction of sp³-hybridized carbons (Fsp3) is 0.517. The third-order valence-electron chi connectivity index (χ3n) is 8.53. The minimum absolute atomic E-state index is 0.127. The maximum atomic E-state index is 13.5. The van der Waals surface area contributed by atoms with Crippen LogP contribution in [0.2, 0.25) is 0 Å². The molecule has 0 unspecified atom stereocenters. The summed E-state index contributed by atoms with van der Waals surface area (Å²) in [7, 11) is 2.19. The first-order valence-corrected chi connectivity index (χ1v) is 13.2. The molecule has 36 heavy (non-hydrogen) atoms. The largest absolute Gasteiger partial charge is 0.348 e. The van der Waals surface area contributed by atoms with E-state index in [1.807, 2.05) is 32.0 Å². The summed E-state index contributed by atoms with van der Waals surface area (Å²) in [5.74, 6) is 0.455. The van der Waals surface area contributed by atoms with Gasteiger partial charge in [0, 0.05) is 59.6 Å². The van der Waals surface area contributed by atoms with Gasteiger partial charge >= 0.3 is 0 Å². The fourth-order valence-electron chi connectivity index (χ4n) is 6.44. The van der Waals surface area contributed by atoms with Gasteiger partial charge in [0.15, 0.2) is 0 Å². The summed E-state index contributed by atoms with van der Waals surface area (Å²) in [6, 6.07) is 11.2. The lowest BCUT2D eigenvalue weighted by molar-refractivity contribution is 0.0238. The summed E-state index contributed by atoms with van der Waals surface area (Å²) in [4.78, 5) is 33.8. The van der Waals surface area contributed by atoms with Crippen LogP contribution < -0.4 is 10.9 Å². The molecule has 7 nitrogen and oxygen atoms in total. The van der Waals surface area contributed by atoms with Gasteiger partial charge in [-0.15, -0.1) is 0 Å². The van der Waals surface area contributed by atoms with Gasteiger partial charge < -0.3 is 19.8 Å². The number of hydrogen-bond donors (Lipinski definition) is 2. The molecular weight excluding hydrogens is 450 g/mol. The number of aromatic amines is 1. The lowest BCUT2D eigenvalue weighted by Crippen LogP contribution is -2.59. The third kappa shape index (κ3) is 4.50. The smallest absolute Gasteiger partial charge is 0.254 e. The molecule has 4 heterocycles. The highest BCUT2D eigenvalue weighted by atomic mass is 16.2. The highest BCUT2D eigenvalue weighted by molar-refractivity contribution is 6.08. The number of carbonyl (C=O) groups is 1. The van der Waals surface area contributed by atoms with E-state index < -0.39 is 0 Å². The molecule has 0 saturated carbocycles. The molecule has 2 N–H and O–H groups in total. The Kier molecular flexibility index (Phi) is 6.79. The van der Waals surface area contributed by atoms with E-state index in [2.05, 4.69) is 57.7 Å². The Morgan fingerprint density at radius 3 is 2.50 bits per heavy atom. The number of aryl methyl sites for hydroxylation is 2. The number of nitrogens with one attached hydrogen (secondary N) is 2. The van der Waals surface area contributed by atoms with Crippen LogP contribution >= 0.6 is 0 Å². The number of carbonyl (C=O) groups excluding carboxylic acids is 1. The Bertz CT molecular complexity index is 1330. The molecule has 2 aliphatic rings. The van der Waals surface area contributed by atoms with Crippen LogP contribution in [0.1, 0.15) is 58.7 Å². The standard InChI is InChI=1S/C29H39N5O2/c1-18-14-19(2)31-28(35)25(18)15-30-29(36)27-21(4)34(26-9-7-6-8-24(26)27)20(3)22-10-12-33(13-11-22)23-16-32(5)17-23/h6-9,14,20,22-23H,10-13,15-17H2,1-5H3,(H,30,36)(H,31,35)/t20-/m0/s1. The zero-order valence-corrected chi connectivity index (χ0v) is 22.2. The molecule has 0 radical (unpaired) electrons. The number of fused-ring (bicyclic) bond motifs is 1. The highest BCUT2D eigenvalue weighted by Gasteiger charge is 2.34. The number of likely N-dealkylation sites (tertiary alicyclic amines) is 2. The second-order valence-corrected chi connectivity index (χ2v) is 11.0. The molecule has 7 heteroatoms. The number of H-pyrrole nitrogens is 1. The zero-order valence-electron chi connectivity index (χ0n) is 22.2. The van der Waals surface area contributed by atoms with Gasteiger partial charge in [-0.2, -0.15) is 0 Å². The molecule has 1 amide bonds. The van der Waals surface area contributed by atoms with E-state index in [1.54, 1.807) is 0 Å². The quantitative estimate of drug-likeness (QED) is 0.553. The Balaban J connectivity index is 1.36. The second kappa shape index (κ2) is 9.87. The monoisotopic (exact) mass is 489 g/mol. The molecule has 2 aromatic heterocycles. The summed E-state index contributed by atoms with van der Waals surface area (Å²) < 4.78 is 2.38. The van der Waals surface area contributed by atoms with Crippen LogP contribution in [0.15, 0.2) is 35.1 Å². The number of piperidine rings is 1. The van der Waals surface area contributed by atoms with Gasteiger partial charge in [0.1, 0.15) is 0 Å². The van der Waals surface area contributed by atoms with Crippen LogP contribution in [0.3, 0.4) is 0 Å². The van der Waals surface area contributed by atoms with Crippen LogP contribution in [0.4, 0.5) is 0 Å². The molecule has 2 saturated heterocycles. The van der Waals surface area contributed by atoms with Crippen molar-refractivity contribution in [2.24, 2.45) is 5.92 Å². The van der Waals surface area contributed by atoms with Crippen molar-refractivity contribution in [1.82, 2.24) is 24.7 Å². The first kappa shape index (κ1) is 24.8. The van der Waals surface area contributed by atoms with Crippen LogP contribution in [0, 0.1) is 26.7 Å². The Labute approximate surface area is 213 Å². The van der Waals surface area contributed by atoms with Gasteiger partial charge in [-0.05, 0) is 84.3 Å². The SMILES string of the molecule is Cc1cc(C)c(CNC(=O)c2c(C)n([C@@H](C)C3CCN(C4CN(C)C4)CC3)c3ccccc23)c(=O)[nH]1. The maximum Gasteiger partial charge on any atom is 0.254 e. The van der Waals surface area contributed by atoms with E-state index in [0.717, 1.165) is 47.0 Å². The van der Waals surface area contributed by atoms with Crippen molar-refractivity contribution in [3.8, 4) is 0 Å². The van der Waals surface area contributed by atoms with Crippen molar-refractivity contribution in [1.29, 1.82) is 0 Å². The van der Waals surface area contributed by atoms with Crippen LogP contribution in [-0.4, -0.2) is 64.5 Å². The predicted octanol–water partition coefficient (Wildman–Crippen LogP) is 3.77. The van der Waals surface area contributed by atoms with E-state index in [1.165, 1.54) is 25.9 Å². The third-order valence-corrected chi connectivity index (χ3v) is 8.53. The van der Waals surface area contributed by atoms with Gasteiger partial charge in [0.05, 0.1) is 5.56 Å². The molecule has 2 fully saturated rings. The Hall–Kier alpha value is -2.90. The van der Waals surface area contributed by atoms with E-state index in [0.29, 0.717) is 23.1 Å². The van der Waals surface area contributed by atoms with Gasteiger partial charge in [-0.1, -0.05) is 18.2 Å². The highest BCUT2D eigenvalue weighted by Crippen LogP contribution is 2.36. The van der Waals surface area contributed by atoms with Crippen LogP contribution in [-0.2, 0) is 6.54 Å². The molecule has 1 aromatic carbocycles. The van der Waals surface area contributed by atoms with Crippen LogP contribution in [0.5, 0.6) is 0 Å². The number of nitrogens with zero attached hydrogens (tertiary/aromatic N) is 3. The van der Waals surface area contributed by atoms with E-state index in [9.17, 15) is 9.59 Å². The minimum atomic E-state index is -0.138. The van der Waals surface area contributed by atoms with E-state index >= 15 is 0 Å². The van der Waals surface area contributed by atoms with Crippen LogP contribution in [0.25, 0.3) is 10.9 Å². The molecule has 3 aromatic rings. The van der Waals surface area contributed by atoms with E-state index in [4.69, 9.17) is 0 Å². The first-order chi connectivity index (χ1) is 17.2. The Morgan fingerprint density at radius 2 is 1.83 bits per heavy atom. The molecule has 1 atom stereocenters. The normalized spacial score (nSPS) is 18.9. The summed E-state index contributed by atoms with van der Waals surface area (Å²) in [6.07, 6.45) is 2.37. The number of para-hydroxylation sites is 1. The second-order valence-electron chi connectivity index (χ2n) is 11.0. The molecule has 192 valence electrons. The van der Waals surface area contributed by atoms with Crippen molar-refractivity contribution in [3.63, 3.8) is 0 Å². The summed E-state index contributed by atoms with van der Waals surface area (Å²) >= 11 is 0. The molecule has 0 spiro atoms. The number of likely N-dealkylation sites (N-methyl/N-ethyl adjacent to an activating group) is 1. The first-order valence-electron chi connectivity index (χ1n) is 13.2. The number of pyridine rings is 1. The average molecular weight is 490 g/mol. The molecule has 0 bridgehead atoms. The predicted molar refractivity (Wildman–Crippen MR) is 145 cm³/mol. The molecule has 2 aliphatic heterocycles. The number of aromatic nitrogens is 2. The summed E-state index contributed by atoms with van der Waals surface area (Å²) in [5, 5.41) is 4.01. The van der Waals surface area contributed by atoms with Crippen molar-refractivity contribution < 1.29 is 4.79 Å². The fourth-order valence-corrected chi connectivity index (χ4v) is 6.44. The summed E-state index contributed by atoms with van der Waals surface area (Å²) in [6.45, 7) is 13.1. The molecule has 5 rings (SSSR count). The topological polar surface area (TPSA) is 73.4 Å². The van der Waals surface area contributed by atoms with Gasteiger partial charge in [-0.3, -0.25) is 14.5 Å². The number of hydrogen-bond acceptors (Lipinski definition) is 4.